The fraction of sp³-hybridized carbons (Fsp3) is 0.0294. The third-order valence-corrected chi connectivity index (χ3v) is 6.61. The molecule has 4 aromatic carbocycles. The number of hydrogen-bond donors (Lipinski definition) is 0. The molecule has 0 amide bonds. The summed E-state index contributed by atoms with van der Waals surface area (Å²) in [5.74, 6) is 0. The fourth-order valence-electron chi connectivity index (χ4n) is 4.66. The molecular formula is C34H27N2+. The van der Waals surface area contributed by atoms with Crippen molar-refractivity contribution in [1.29, 1.82) is 0 Å². The summed E-state index contributed by atoms with van der Waals surface area (Å²) in [4.78, 5) is 0. The Morgan fingerprint density at radius 1 is 0.472 bits per heavy atom. The monoisotopic (exact) mass is 463 g/mol. The molecule has 0 aliphatic rings. The van der Waals surface area contributed by atoms with Crippen molar-refractivity contribution in [1.82, 2.24) is 4.57 Å². The Kier molecular flexibility index (Phi) is 5.77. The second-order valence-electron chi connectivity index (χ2n) is 9.09. The van der Waals surface area contributed by atoms with Crippen molar-refractivity contribution in [3.63, 3.8) is 0 Å². The van der Waals surface area contributed by atoms with Crippen molar-refractivity contribution in [2.24, 2.45) is 7.05 Å². The number of nitrogens with zero attached hydrogens (tertiary/aromatic N) is 2. The highest BCUT2D eigenvalue weighted by molar-refractivity contribution is 6.09. The van der Waals surface area contributed by atoms with Gasteiger partial charge in [-0.3, -0.25) is 0 Å². The van der Waals surface area contributed by atoms with Gasteiger partial charge in [-0.15, -0.1) is 0 Å². The molecule has 0 saturated heterocycles. The predicted octanol–water partition coefficient (Wildman–Crippen LogP) is 7.95. The lowest BCUT2D eigenvalue weighted by atomic mass is 10.1. The highest BCUT2D eigenvalue weighted by Crippen LogP contribution is 2.31. The SMILES string of the molecule is C[n+]1ccc(/C=C/c2ccc(/C=C/c3ccc(-n4c5ccccc5c5ccccc54)cc3)cc2)cc1. The number of fused-ring (bicyclic) bond motifs is 3. The van der Waals surface area contributed by atoms with E-state index >= 15 is 0 Å². The van der Waals surface area contributed by atoms with Gasteiger partial charge in [0, 0.05) is 28.6 Å². The van der Waals surface area contributed by atoms with E-state index < -0.39 is 0 Å². The van der Waals surface area contributed by atoms with Crippen LogP contribution in [0, 0.1) is 0 Å². The van der Waals surface area contributed by atoms with Crippen molar-refractivity contribution >= 4 is 46.1 Å². The summed E-state index contributed by atoms with van der Waals surface area (Å²) >= 11 is 0. The average molecular weight is 464 g/mol. The molecule has 0 N–H and O–H groups in total. The van der Waals surface area contributed by atoms with Gasteiger partial charge in [0.2, 0.25) is 0 Å². The van der Waals surface area contributed by atoms with Crippen molar-refractivity contribution in [3.05, 3.63) is 144 Å². The zero-order valence-corrected chi connectivity index (χ0v) is 20.3. The molecule has 0 spiro atoms. The lowest BCUT2D eigenvalue weighted by Gasteiger charge is -2.08. The zero-order valence-electron chi connectivity index (χ0n) is 20.3. The minimum Gasteiger partial charge on any atom is -0.309 e. The quantitative estimate of drug-likeness (QED) is 0.181. The van der Waals surface area contributed by atoms with E-state index in [4.69, 9.17) is 0 Å². The van der Waals surface area contributed by atoms with Crippen LogP contribution in [0.15, 0.2) is 122 Å². The Hall–Kier alpha value is -4.69. The Bertz CT molecular complexity index is 1650. The Balaban J connectivity index is 1.21. The van der Waals surface area contributed by atoms with Crippen molar-refractivity contribution in [2.45, 2.75) is 0 Å². The first-order valence-electron chi connectivity index (χ1n) is 12.2. The van der Waals surface area contributed by atoms with Gasteiger partial charge in [0.1, 0.15) is 7.05 Å². The van der Waals surface area contributed by atoms with Crippen molar-refractivity contribution in [3.8, 4) is 5.69 Å². The molecule has 2 heterocycles. The van der Waals surface area contributed by atoms with Gasteiger partial charge in [0.05, 0.1) is 11.0 Å². The summed E-state index contributed by atoms with van der Waals surface area (Å²) in [5.41, 5.74) is 8.39. The lowest BCUT2D eigenvalue weighted by Crippen LogP contribution is -2.25. The van der Waals surface area contributed by atoms with Crippen LogP contribution < -0.4 is 4.57 Å². The molecule has 2 aromatic heterocycles. The van der Waals surface area contributed by atoms with Gasteiger partial charge >= 0.3 is 0 Å². The molecule has 0 radical (unpaired) electrons. The molecule has 172 valence electrons. The molecule has 6 aromatic rings. The number of para-hydroxylation sites is 2. The molecule has 0 saturated carbocycles. The van der Waals surface area contributed by atoms with Crippen LogP contribution in [0.5, 0.6) is 0 Å². The van der Waals surface area contributed by atoms with Gasteiger partial charge in [0.15, 0.2) is 12.4 Å². The molecule has 0 aliphatic carbocycles. The van der Waals surface area contributed by atoms with Crippen molar-refractivity contribution in [2.75, 3.05) is 0 Å². The van der Waals surface area contributed by atoms with E-state index in [1.807, 2.05) is 11.6 Å². The number of aromatic nitrogens is 2. The largest absolute Gasteiger partial charge is 0.309 e. The molecule has 0 bridgehead atoms. The van der Waals surface area contributed by atoms with E-state index in [0.29, 0.717) is 0 Å². The first-order valence-corrected chi connectivity index (χ1v) is 12.2. The normalized spacial score (nSPS) is 11.8. The van der Waals surface area contributed by atoms with Crippen LogP contribution in [-0.4, -0.2) is 4.57 Å². The highest BCUT2D eigenvalue weighted by Gasteiger charge is 2.10. The maximum Gasteiger partial charge on any atom is 0.169 e. The third kappa shape index (κ3) is 4.37. The molecule has 2 nitrogen and oxygen atoms in total. The number of aryl methyl sites for hydroxylation is 1. The van der Waals surface area contributed by atoms with E-state index in [-0.39, 0.29) is 0 Å². The molecule has 0 atom stereocenters. The van der Waals surface area contributed by atoms with Gasteiger partial charge in [-0.2, -0.15) is 0 Å². The maximum absolute atomic E-state index is 2.35. The first-order chi connectivity index (χ1) is 17.7. The molecule has 0 aliphatic heterocycles. The fourth-order valence-corrected chi connectivity index (χ4v) is 4.66. The van der Waals surface area contributed by atoms with Gasteiger partial charge in [0.25, 0.3) is 0 Å². The van der Waals surface area contributed by atoms with Crippen LogP contribution in [0.4, 0.5) is 0 Å². The number of hydrogen-bond acceptors (Lipinski definition) is 0. The number of rotatable bonds is 5. The molecule has 6 rings (SSSR count). The Morgan fingerprint density at radius 3 is 1.33 bits per heavy atom. The van der Waals surface area contributed by atoms with Crippen LogP contribution >= 0.6 is 0 Å². The van der Waals surface area contributed by atoms with Crippen LogP contribution in [0.3, 0.4) is 0 Å². The minimum atomic E-state index is 1.17. The first kappa shape index (κ1) is 21.8. The molecular weight excluding hydrogens is 436 g/mol. The zero-order chi connectivity index (χ0) is 24.3. The topological polar surface area (TPSA) is 8.81 Å². The summed E-state index contributed by atoms with van der Waals surface area (Å²) in [6, 6.07) is 38.9. The summed E-state index contributed by atoms with van der Waals surface area (Å²) in [6.07, 6.45) is 12.7. The van der Waals surface area contributed by atoms with Crippen LogP contribution in [-0.2, 0) is 7.05 Å². The Morgan fingerprint density at radius 2 is 0.861 bits per heavy atom. The third-order valence-electron chi connectivity index (χ3n) is 6.61. The van der Waals surface area contributed by atoms with Crippen LogP contribution in [0.2, 0.25) is 0 Å². The second-order valence-corrected chi connectivity index (χ2v) is 9.09. The smallest absolute Gasteiger partial charge is 0.169 e. The number of pyridine rings is 1. The summed E-state index contributed by atoms with van der Waals surface area (Å²) in [6.45, 7) is 0. The van der Waals surface area contributed by atoms with E-state index in [2.05, 4.69) is 150 Å². The van der Waals surface area contributed by atoms with E-state index in [9.17, 15) is 0 Å². The van der Waals surface area contributed by atoms with E-state index in [1.165, 1.54) is 49.7 Å². The lowest BCUT2D eigenvalue weighted by molar-refractivity contribution is -0.671. The highest BCUT2D eigenvalue weighted by atomic mass is 15.0. The molecule has 2 heteroatoms. The molecule has 0 fully saturated rings. The molecule has 0 unspecified atom stereocenters. The second kappa shape index (κ2) is 9.52. The van der Waals surface area contributed by atoms with Crippen LogP contribution in [0.25, 0.3) is 51.8 Å². The van der Waals surface area contributed by atoms with Gasteiger partial charge in [-0.05, 0) is 46.5 Å². The van der Waals surface area contributed by atoms with Gasteiger partial charge in [-0.1, -0.05) is 97.1 Å². The van der Waals surface area contributed by atoms with E-state index in [0.717, 1.165) is 0 Å². The standard InChI is InChI=1S/C34H27N2/c1-35-24-22-29(23-25-35)17-16-27-12-10-26(11-13-27)14-15-28-18-20-30(21-19-28)36-33-8-4-2-6-31(33)32-7-3-5-9-34(32)36/h2-25H,1H3/q+1. The average Bonchev–Trinajstić information content (AvgIpc) is 3.27. The minimum absolute atomic E-state index is 1.17. The maximum atomic E-state index is 2.35. The summed E-state index contributed by atoms with van der Waals surface area (Å²) in [7, 11) is 2.03. The predicted molar refractivity (Wildman–Crippen MR) is 153 cm³/mol. The number of benzene rings is 4. The van der Waals surface area contributed by atoms with E-state index in [1.54, 1.807) is 0 Å². The summed E-state index contributed by atoms with van der Waals surface area (Å²) < 4.78 is 4.39. The van der Waals surface area contributed by atoms with Gasteiger partial charge < -0.3 is 4.57 Å². The van der Waals surface area contributed by atoms with Gasteiger partial charge in [-0.25, -0.2) is 4.57 Å². The van der Waals surface area contributed by atoms with Crippen LogP contribution in [0.1, 0.15) is 22.3 Å². The van der Waals surface area contributed by atoms with Crippen molar-refractivity contribution < 1.29 is 4.57 Å². The Labute approximate surface area is 211 Å². The summed E-state index contributed by atoms with van der Waals surface area (Å²) in [5, 5.41) is 2.57. The molecule has 36 heavy (non-hydrogen) atoms.